The van der Waals surface area contributed by atoms with Gasteiger partial charge in [-0.05, 0) is 55.4 Å². The number of piperidine rings is 2. The molecule has 28 heavy (non-hydrogen) atoms. The van der Waals surface area contributed by atoms with Gasteiger partial charge in [0.15, 0.2) is 5.82 Å². The van der Waals surface area contributed by atoms with Crippen molar-refractivity contribution in [3.05, 3.63) is 36.2 Å². The summed E-state index contributed by atoms with van der Waals surface area (Å²) in [5.41, 5.74) is 2.86. The molecule has 1 N–H and O–H groups in total. The first-order valence-electron chi connectivity index (χ1n) is 10.1. The number of hydrogen-bond donors (Lipinski definition) is 1. The van der Waals surface area contributed by atoms with E-state index in [-0.39, 0.29) is 17.8 Å². The first-order valence-corrected chi connectivity index (χ1v) is 10.1. The molecule has 0 amide bonds. The quantitative estimate of drug-likeness (QED) is 0.789. The maximum absolute atomic E-state index is 11.5. The van der Waals surface area contributed by atoms with Crippen LogP contribution in [0.2, 0.25) is 0 Å². The summed E-state index contributed by atoms with van der Waals surface area (Å²) in [6, 6.07) is 7.87. The number of methoxy groups -OCH3 is 1. The Morgan fingerprint density at radius 2 is 1.96 bits per heavy atom. The van der Waals surface area contributed by atoms with Gasteiger partial charge in [0.05, 0.1) is 18.7 Å². The second-order valence-electron chi connectivity index (χ2n) is 7.89. The van der Waals surface area contributed by atoms with E-state index in [1.807, 2.05) is 30.5 Å². The molecule has 2 atom stereocenters. The Bertz CT molecular complexity index is 841. The number of aliphatic carboxylic acids is 1. The average Bonchev–Trinajstić information content (AvgIpc) is 2.71. The molecular formula is C22H27N3O3. The summed E-state index contributed by atoms with van der Waals surface area (Å²) >= 11 is 0. The van der Waals surface area contributed by atoms with Gasteiger partial charge in [-0.1, -0.05) is 13.3 Å². The Balaban J connectivity index is 1.66. The Kier molecular flexibility index (Phi) is 5.20. The largest absolute Gasteiger partial charge is 0.497 e. The van der Waals surface area contributed by atoms with Crippen LogP contribution in [-0.2, 0) is 11.2 Å². The molecule has 6 heteroatoms. The predicted molar refractivity (Wildman–Crippen MR) is 108 cm³/mol. The van der Waals surface area contributed by atoms with Crippen LogP contribution in [0.15, 0.2) is 30.5 Å². The summed E-state index contributed by atoms with van der Waals surface area (Å²) in [6.07, 6.45) is 6.00. The van der Waals surface area contributed by atoms with E-state index in [4.69, 9.17) is 14.7 Å². The summed E-state index contributed by atoms with van der Waals surface area (Å²) < 4.78 is 5.27. The zero-order chi connectivity index (χ0) is 19.7. The standard InChI is InChI=1S/C22H27N3O3/c1-3-4-5-17-11-23-20(14-6-8-18(28-2)9-7-14)21(24-17)25-12-15-10-16(13-25)19(15)22(26)27/h6-9,11,15-16,19H,3-5,10,12-13H2,1-2H3,(H,26,27). The molecule has 148 valence electrons. The number of rotatable bonds is 7. The third-order valence-corrected chi connectivity index (χ3v) is 6.07. The van der Waals surface area contributed by atoms with Crippen molar-refractivity contribution in [1.29, 1.82) is 0 Å². The summed E-state index contributed by atoms with van der Waals surface area (Å²) in [7, 11) is 1.65. The molecule has 2 unspecified atom stereocenters. The van der Waals surface area contributed by atoms with E-state index in [0.29, 0.717) is 0 Å². The lowest BCUT2D eigenvalue weighted by Gasteiger charge is -2.52. The number of hydrogen-bond acceptors (Lipinski definition) is 5. The third kappa shape index (κ3) is 3.43. The van der Waals surface area contributed by atoms with E-state index in [1.165, 1.54) is 0 Å². The molecule has 0 radical (unpaired) electrons. The topological polar surface area (TPSA) is 75.5 Å². The Hall–Kier alpha value is -2.63. The molecule has 1 aromatic carbocycles. The number of nitrogens with zero attached hydrogens (tertiary/aromatic N) is 3. The fourth-order valence-electron chi connectivity index (χ4n) is 4.53. The number of fused-ring (bicyclic) bond motifs is 2. The number of carboxylic acid groups (broad SMARTS) is 1. The van der Waals surface area contributed by atoms with Crippen LogP contribution < -0.4 is 9.64 Å². The van der Waals surface area contributed by atoms with E-state index in [2.05, 4.69) is 11.8 Å². The van der Waals surface area contributed by atoms with E-state index < -0.39 is 5.97 Å². The monoisotopic (exact) mass is 381 g/mol. The highest BCUT2D eigenvalue weighted by Crippen LogP contribution is 2.47. The van der Waals surface area contributed by atoms with Crippen LogP contribution in [0.5, 0.6) is 5.75 Å². The number of aryl methyl sites for hydroxylation is 1. The maximum atomic E-state index is 11.5. The minimum absolute atomic E-state index is 0.197. The van der Waals surface area contributed by atoms with Crippen LogP contribution >= 0.6 is 0 Å². The minimum atomic E-state index is -0.654. The molecule has 3 fully saturated rings. The van der Waals surface area contributed by atoms with E-state index >= 15 is 0 Å². The molecule has 3 heterocycles. The first kappa shape index (κ1) is 18.7. The van der Waals surface area contributed by atoms with Gasteiger partial charge in [-0.25, -0.2) is 4.98 Å². The van der Waals surface area contributed by atoms with Crippen LogP contribution in [0.25, 0.3) is 11.3 Å². The van der Waals surface area contributed by atoms with Crippen molar-refractivity contribution in [2.75, 3.05) is 25.1 Å². The molecule has 1 saturated carbocycles. The third-order valence-electron chi connectivity index (χ3n) is 6.07. The van der Waals surface area contributed by atoms with Gasteiger partial charge >= 0.3 is 5.97 Å². The van der Waals surface area contributed by atoms with Crippen molar-refractivity contribution in [2.45, 2.75) is 32.6 Å². The number of unbranched alkanes of at least 4 members (excludes halogenated alkanes) is 1. The van der Waals surface area contributed by atoms with Crippen LogP contribution in [0.3, 0.4) is 0 Å². The highest BCUT2D eigenvalue weighted by molar-refractivity contribution is 5.75. The van der Waals surface area contributed by atoms with Gasteiger partial charge in [0.1, 0.15) is 11.4 Å². The van der Waals surface area contributed by atoms with Gasteiger partial charge in [0.2, 0.25) is 0 Å². The molecule has 1 aromatic heterocycles. The molecule has 3 aliphatic rings. The van der Waals surface area contributed by atoms with Crippen molar-refractivity contribution >= 4 is 11.8 Å². The SMILES string of the molecule is CCCCc1cnc(-c2ccc(OC)cc2)c(N2CC3CC(C2)C3C(=O)O)n1. The number of carboxylic acids is 1. The first-order chi connectivity index (χ1) is 13.6. The van der Waals surface area contributed by atoms with Crippen molar-refractivity contribution < 1.29 is 14.6 Å². The highest BCUT2D eigenvalue weighted by Gasteiger charge is 2.51. The Morgan fingerprint density at radius 3 is 2.57 bits per heavy atom. The number of ether oxygens (including phenoxy) is 1. The second kappa shape index (κ2) is 7.78. The lowest BCUT2D eigenvalue weighted by Crippen LogP contribution is -2.58. The number of benzene rings is 1. The Morgan fingerprint density at radius 1 is 1.25 bits per heavy atom. The van der Waals surface area contributed by atoms with Crippen LogP contribution in [0, 0.1) is 17.8 Å². The normalized spacial score (nSPS) is 23.2. The fourth-order valence-corrected chi connectivity index (χ4v) is 4.53. The molecule has 2 bridgehead atoms. The van der Waals surface area contributed by atoms with Crippen molar-refractivity contribution in [1.82, 2.24) is 9.97 Å². The van der Waals surface area contributed by atoms with Gasteiger partial charge in [0, 0.05) is 24.8 Å². The molecule has 6 nitrogen and oxygen atoms in total. The van der Waals surface area contributed by atoms with E-state index in [0.717, 1.165) is 67.3 Å². The lowest BCUT2D eigenvalue weighted by molar-refractivity contribution is -0.153. The summed E-state index contributed by atoms with van der Waals surface area (Å²) in [6.45, 7) is 3.65. The van der Waals surface area contributed by atoms with Gasteiger partial charge < -0.3 is 14.7 Å². The zero-order valence-electron chi connectivity index (χ0n) is 16.5. The second-order valence-corrected chi connectivity index (χ2v) is 7.89. The maximum Gasteiger partial charge on any atom is 0.307 e. The molecular weight excluding hydrogens is 354 g/mol. The average molecular weight is 381 g/mol. The molecule has 2 saturated heterocycles. The number of anilines is 1. The van der Waals surface area contributed by atoms with Crippen molar-refractivity contribution in [3.63, 3.8) is 0 Å². The fraction of sp³-hybridized carbons (Fsp3) is 0.500. The van der Waals surface area contributed by atoms with Gasteiger partial charge in [0.25, 0.3) is 0 Å². The van der Waals surface area contributed by atoms with Crippen LogP contribution in [-0.4, -0.2) is 41.2 Å². The zero-order valence-corrected chi connectivity index (χ0v) is 16.5. The summed E-state index contributed by atoms with van der Waals surface area (Å²) in [5, 5.41) is 9.46. The number of aromatic nitrogens is 2. The molecule has 0 spiro atoms. The van der Waals surface area contributed by atoms with E-state index in [1.54, 1.807) is 7.11 Å². The van der Waals surface area contributed by atoms with Crippen LogP contribution in [0.1, 0.15) is 31.9 Å². The van der Waals surface area contributed by atoms with Crippen LogP contribution in [0.4, 0.5) is 5.82 Å². The highest BCUT2D eigenvalue weighted by atomic mass is 16.5. The van der Waals surface area contributed by atoms with Crippen molar-refractivity contribution in [3.8, 4) is 17.0 Å². The smallest absolute Gasteiger partial charge is 0.307 e. The molecule has 1 aliphatic carbocycles. The van der Waals surface area contributed by atoms with Gasteiger partial charge in [-0.2, -0.15) is 0 Å². The van der Waals surface area contributed by atoms with E-state index in [9.17, 15) is 9.90 Å². The lowest BCUT2D eigenvalue weighted by atomic mass is 9.61. The predicted octanol–water partition coefficient (Wildman–Crippen LogP) is 3.65. The molecule has 2 aromatic rings. The van der Waals surface area contributed by atoms with Gasteiger partial charge in [-0.15, -0.1) is 0 Å². The molecule has 5 rings (SSSR count). The molecule has 2 aliphatic heterocycles. The van der Waals surface area contributed by atoms with Crippen molar-refractivity contribution in [2.24, 2.45) is 17.8 Å². The summed E-state index contributed by atoms with van der Waals surface area (Å²) in [4.78, 5) is 23.5. The minimum Gasteiger partial charge on any atom is -0.497 e. The summed E-state index contributed by atoms with van der Waals surface area (Å²) in [5.74, 6) is 1.26. The Labute approximate surface area is 165 Å². The van der Waals surface area contributed by atoms with Gasteiger partial charge in [-0.3, -0.25) is 9.78 Å². The number of carbonyl (C=O) groups is 1.